The predicted octanol–water partition coefficient (Wildman–Crippen LogP) is 4.42. The second-order valence-electron chi connectivity index (χ2n) is 7.81. The summed E-state index contributed by atoms with van der Waals surface area (Å²) in [6, 6.07) is 17.0. The molecular weight excluding hydrogens is 392 g/mol. The fourth-order valence-corrected chi connectivity index (χ4v) is 4.68. The van der Waals surface area contributed by atoms with Crippen LogP contribution < -0.4 is 5.32 Å². The molecule has 2 aromatic heterocycles. The Balaban J connectivity index is 1.81. The van der Waals surface area contributed by atoms with Gasteiger partial charge in [-0.3, -0.25) is 4.98 Å². The molecule has 0 saturated carbocycles. The van der Waals surface area contributed by atoms with E-state index in [1.165, 1.54) is 28.2 Å². The van der Waals surface area contributed by atoms with Crippen molar-refractivity contribution in [3.05, 3.63) is 82.9 Å². The highest BCUT2D eigenvalue weighted by molar-refractivity contribution is 7.80. The summed E-state index contributed by atoms with van der Waals surface area (Å²) in [4.78, 5) is 6.86. The molecule has 0 aliphatic carbocycles. The lowest BCUT2D eigenvalue weighted by molar-refractivity contribution is 0.164. The van der Waals surface area contributed by atoms with Crippen molar-refractivity contribution in [2.45, 2.75) is 32.9 Å². The van der Waals surface area contributed by atoms with E-state index in [0.717, 1.165) is 17.4 Å². The topological polar surface area (TPSA) is 42.3 Å². The van der Waals surface area contributed by atoms with Crippen LogP contribution in [0.3, 0.4) is 0 Å². The lowest BCUT2D eigenvalue weighted by Gasteiger charge is -2.28. The molecule has 2 atom stereocenters. The van der Waals surface area contributed by atoms with Crippen LogP contribution in [-0.4, -0.2) is 39.8 Å². The molecule has 0 amide bonds. The number of benzene rings is 1. The molecule has 1 aliphatic heterocycles. The molecule has 1 N–H and O–H groups in total. The number of methoxy groups -OCH3 is 1. The number of ether oxygens (including phenoxy) is 1. The van der Waals surface area contributed by atoms with Crippen LogP contribution in [0, 0.1) is 20.8 Å². The first kappa shape index (κ1) is 20.6. The van der Waals surface area contributed by atoms with Gasteiger partial charge in [-0.25, -0.2) is 0 Å². The van der Waals surface area contributed by atoms with E-state index < -0.39 is 0 Å². The molecule has 4 rings (SSSR count). The van der Waals surface area contributed by atoms with Gasteiger partial charge in [0.1, 0.15) is 0 Å². The molecule has 0 radical (unpaired) electrons. The second kappa shape index (κ2) is 8.58. The third kappa shape index (κ3) is 3.73. The van der Waals surface area contributed by atoms with Crippen LogP contribution >= 0.6 is 12.2 Å². The number of hydrogen-bond donors (Lipinski definition) is 1. The molecule has 1 aliphatic rings. The van der Waals surface area contributed by atoms with Crippen LogP contribution in [0.2, 0.25) is 0 Å². The van der Waals surface area contributed by atoms with Crippen molar-refractivity contribution < 1.29 is 4.74 Å². The minimum Gasteiger partial charge on any atom is -0.383 e. The summed E-state index contributed by atoms with van der Waals surface area (Å²) in [7, 11) is 1.72. The lowest BCUT2D eigenvalue weighted by atomic mass is 9.97. The molecule has 0 bridgehead atoms. The first-order valence-electron chi connectivity index (χ1n) is 10.2. The maximum Gasteiger partial charge on any atom is 0.170 e. The van der Waals surface area contributed by atoms with Gasteiger partial charge in [-0.1, -0.05) is 23.8 Å². The summed E-state index contributed by atoms with van der Waals surface area (Å²) in [6.45, 7) is 7.80. The number of nitrogens with zero attached hydrogens (tertiary/aromatic N) is 3. The highest BCUT2D eigenvalue weighted by Gasteiger charge is 2.41. The summed E-state index contributed by atoms with van der Waals surface area (Å²) in [6.07, 6.45) is 1.84. The summed E-state index contributed by atoms with van der Waals surface area (Å²) < 4.78 is 7.69. The van der Waals surface area contributed by atoms with E-state index in [4.69, 9.17) is 17.0 Å². The SMILES string of the molecule is COCCN1C(=S)N[C@@H](c2ccccn2)[C@@H]1c1cc(C)n(-c2ccc(C)cc2)c1C. The van der Waals surface area contributed by atoms with Gasteiger partial charge < -0.3 is 19.5 Å². The fraction of sp³-hybridized carbons (Fsp3) is 0.333. The molecule has 0 unspecified atom stereocenters. The molecule has 30 heavy (non-hydrogen) atoms. The Bertz CT molecular complexity index is 1030. The average Bonchev–Trinajstić information content (AvgIpc) is 3.23. The number of nitrogens with one attached hydrogen (secondary N) is 1. The number of rotatable bonds is 6. The fourth-order valence-electron chi connectivity index (χ4n) is 4.35. The number of aromatic nitrogens is 2. The van der Waals surface area contributed by atoms with Gasteiger partial charge in [-0.2, -0.15) is 0 Å². The first-order valence-corrected chi connectivity index (χ1v) is 10.6. The zero-order valence-corrected chi connectivity index (χ0v) is 18.7. The Morgan fingerprint density at radius 3 is 2.53 bits per heavy atom. The Labute approximate surface area is 183 Å². The zero-order chi connectivity index (χ0) is 21.3. The van der Waals surface area contributed by atoms with Gasteiger partial charge >= 0.3 is 0 Å². The van der Waals surface area contributed by atoms with Gasteiger partial charge in [-0.05, 0) is 68.9 Å². The molecule has 1 saturated heterocycles. The predicted molar refractivity (Wildman–Crippen MR) is 124 cm³/mol. The first-order chi connectivity index (χ1) is 14.5. The monoisotopic (exact) mass is 420 g/mol. The molecule has 1 fully saturated rings. The zero-order valence-electron chi connectivity index (χ0n) is 17.9. The van der Waals surface area contributed by atoms with Crippen LogP contribution in [0.1, 0.15) is 40.3 Å². The molecule has 3 heterocycles. The minimum absolute atomic E-state index is 0.0116. The van der Waals surface area contributed by atoms with E-state index in [1.807, 2.05) is 18.3 Å². The lowest BCUT2D eigenvalue weighted by Crippen LogP contribution is -2.32. The Hall–Kier alpha value is -2.70. The van der Waals surface area contributed by atoms with Gasteiger partial charge in [0.2, 0.25) is 0 Å². The van der Waals surface area contributed by atoms with Crippen LogP contribution in [0.5, 0.6) is 0 Å². The maximum absolute atomic E-state index is 5.72. The number of thiocarbonyl (C=S) groups is 1. The van der Waals surface area contributed by atoms with Gasteiger partial charge in [0.15, 0.2) is 5.11 Å². The number of hydrogen-bond acceptors (Lipinski definition) is 3. The standard InChI is InChI=1S/C24H28N4OS/c1-16-8-10-19(11-9-16)28-17(2)15-20(18(28)3)23-22(21-7-5-6-12-25-21)26-24(30)27(23)13-14-29-4/h5-12,15,22-23H,13-14H2,1-4H3,(H,26,30)/t22-,23-/m0/s1. The molecule has 3 aromatic rings. The van der Waals surface area contributed by atoms with E-state index in [2.05, 4.69) is 76.9 Å². The summed E-state index contributed by atoms with van der Waals surface area (Å²) in [5, 5.41) is 4.25. The smallest absolute Gasteiger partial charge is 0.170 e. The second-order valence-corrected chi connectivity index (χ2v) is 8.20. The van der Waals surface area contributed by atoms with E-state index in [1.54, 1.807) is 7.11 Å². The maximum atomic E-state index is 5.72. The van der Waals surface area contributed by atoms with Gasteiger partial charge in [0.25, 0.3) is 0 Å². The van der Waals surface area contributed by atoms with Crippen molar-refractivity contribution in [2.24, 2.45) is 0 Å². The third-order valence-electron chi connectivity index (χ3n) is 5.82. The molecule has 6 heteroatoms. The summed E-state index contributed by atoms with van der Waals surface area (Å²) in [5.74, 6) is 0. The Kier molecular flexibility index (Phi) is 5.88. The van der Waals surface area contributed by atoms with Crippen molar-refractivity contribution in [3.8, 4) is 5.69 Å². The molecule has 1 aromatic carbocycles. The largest absolute Gasteiger partial charge is 0.383 e. The van der Waals surface area contributed by atoms with Crippen molar-refractivity contribution in [1.82, 2.24) is 19.8 Å². The van der Waals surface area contributed by atoms with Crippen LogP contribution in [-0.2, 0) is 4.74 Å². The number of aryl methyl sites for hydroxylation is 2. The molecule has 0 spiro atoms. The Morgan fingerprint density at radius 2 is 1.87 bits per heavy atom. The van der Waals surface area contributed by atoms with E-state index in [9.17, 15) is 0 Å². The molecular formula is C24H28N4OS. The third-order valence-corrected chi connectivity index (χ3v) is 6.17. The molecule has 156 valence electrons. The normalized spacial score (nSPS) is 18.7. The van der Waals surface area contributed by atoms with Crippen molar-refractivity contribution in [3.63, 3.8) is 0 Å². The highest BCUT2D eigenvalue weighted by Crippen LogP contribution is 2.41. The van der Waals surface area contributed by atoms with Crippen LogP contribution in [0.25, 0.3) is 5.69 Å². The highest BCUT2D eigenvalue weighted by atomic mass is 32.1. The van der Waals surface area contributed by atoms with Gasteiger partial charge in [0.05, 0.1) is 24.4 Å². The van der Waals surface area contributed by atoms with Crippen molar-refractivity contribution in [2.75, 3.05) is 20.3 Å². The van der Waals surface area contributed by atoms with Gasteiger partial charge in [0, 0.05) is 36.9 Å². The average molecular weight is 421 g/mol. The summed E-state index contributed by atoms with van der Waals surface area (Å²) >= 11 is 5.72. The van der Waals surface area contributed by atoms with Crippen LogP contribution in [0.15, 0.2) is 54.7 Å². The Morgan fingerprint density at radius 1 is 1.10 bits per heavy atom. The van der Waals surface area contributed by atoms with Crippen molar-refractivity contribution in [1.29, 1.82) is 0 Å². The van der Waals surface area contributed by atoms with E-state index in [0.29, 0.717) is 6.61 Å². The van der Waals surface area contributed by atoms with Gasteiger partial charge in [-0.15, -0.1) is 0 Å². The number of pyridine rings is 1. The van der Waals surface area contributed by atoms with E-state index in [-0.39, 0.29) is 12.1 Å². The van der Waals surface area contributed by atoms with E-state index >= 15 is 0 Å². The van der Waals surface area contributed by atoms with Crippen LogP contribution in [0.4, 0.5) is 0 Å². The summed E-state index contributed by atoms with van der Waals surface area (Å²) in [5.41, 5.74) is 7.10. The van der Waals surface area contributed by atoms with Crippen molar-refractivity contribution >= 4 is 17.3 Å². The molecule has 5 nitrogen and oxygen atoms in total. The minimum atomic E-state index is -0.0116. The quantitative estimate of drug-likeness (QED) is 0.598.